The van der Waals surface area contributed by atoms with Gasteiger partial charge in [0.15, 0.2) is 0 Å². The molecule has 2 rings (SSSR count). The van der Waals surface area contributed by atoms with Crippen molar-refractivity contribution in [2.24, 2.45) is 5.73 Å². The summed E-state index contributed by atoms with van der Waals surface area (Å²) in [6.07, 6.45) is 1.19. The standard InChI is InChI=1S/C11H16BNO2/c1-3-9-8-5-4-6-10(14-7-13)11(8)12(2)15-9/h4-6,9H,3,7,13H2,1-2H3/t9-/m0/s1. The van der Waals surface area contributed by atoms with Gasteiger partial charge >= 0.3 is 6.92 Å². The first-order valence-electron chi connectivity index (χ1n) is 5.39. The van der Waals surface area contributed by atoms with Crippen LogP contribution in [0.3, 0.4) is 0 Å². The number of ether oxygens (including phenoxy) is 1. The maximum Gasteiger partial charge on any atom is 0.328 e. The Morgan fingerprint density at radius 2 is 2.33 bits per heavy atom. The largest absolute Gasteiger partial charge is 0.479 e. The summed E-state index contributed by atoms with van der Waals surface area (Å²) in [6, 6.07) is 6.05. The van der Waals surface area contributed by atoms with Crippen LogP contribution in [0.25, 0.3) is 0 Å². The van der Waals surface area contributed by atoms with E-state index in [9.17, 15) is 0 Å². The molecule has 3 nitrogen and oxygen atoms in total. The number of hydrogen-bond donors (Lipinski definition) is 1. The minimum atomic E-state index is 0.104. The molecule has 1 aliphatic rings. The second kappa shape index (κ2) is 4.25. The van der Waals surface area contributed by atoms with Crippen molar-refractivity contribution in [3.05, 3.63) is 23.8 Å². The van der Waals surface area contributed by atoms with Gasteiger partial charge in [0.2, 0.25) is 0 Å². The molecule has 1 atom stereocenters. The van der Waals surface area contributed by atoms with Gasteiger partial charge in [0.25, 0.3) is 0 Å². The summed E-state index contributed by atoms with van der Waals surface area (Å²) < 4.78 is 11.3. The predicted octanol–water partition coefficient (Wildman–Crippen LogP) is 1.29. The molecule has 15 heavy (non-hydrogen) atoms. The minimum Gasteiger partial charge on any atom is -0.479 e. The molecule has 0 aromatic heterocycles. The van der Waals surface area contributed by atoms with E-state index in [0.29, 0.717) is 0 Å². The summed E-state index contributed by atoms with van der Waals surface area (Å²) in [6.45, 7) is 4.49. The van der Waals surface area contributed by atoms with Gasteiger partial charge in [-0.25, -0.2) is 0 Å². The topological polar surface area (TPSA) is 44.5 Å². The van der Waals surface area contributed by atoms with Crippen molar-refractivity contribution in [1.29, 1.82) is 0 Å². The molecular weight excluding hydrogens is 189 g/mol. The summed E-state index contributed by atoms with van der Waals surface area (Å²) >= 11 is 0. The van der Waals surface area contributed by atoms with Crippen molar-refractivity contribution in [3.8, 4) is 5.75 Å². The third kappa shape index (κ3) is 1.75. The van der Waals surface area contributed by atoms with Crippen molar-refractivity contribution in [1.82, 2.24) is 0 Å². The van der Waals surface area contributed by atoms with E-state index >= 15 is 0 Å². The highest BCUT2D eigenvalue weighted by atomic mass is 16.5. The van der Waals surface area contributed by atoms with Gasteiger partial charge < -0.3 is 9.39 Å². The zero-order chi connectivity index (χ0) is 10.8. The molecule has 0 fully saturated rings. The van der Waals surface area contributed by atoms with E-state index in [1.165, 1.54) is 5.56 Å². The molecule has 1 heterocycles. The first kappa shape index (κ1) is 10.5. The predicted molar refractivity (Wildman–Crippen MR) is 61.5 cm³/mol. The normalized spacial score (nSPS) is 19.1. The summed E-state index contributed by atoms with van der Waals surface area (Å²) in [5, 5.41) is 0. The molecule has 0 radical (unpaired) electrons. The molecule has 4 heteroatoms. The Balaban J connectivity index is 2.42. The molecule has 0 unspecified atom stereocenters. The third-order valence-electron chi connectivity index (χ3n) is 2.83. The van der Waals surface area contributed by atoms with E-state index in [2.05, 4.69) is 19.8 Å². The maximum atomic E-state index is 5.85. The highest BCUT2D eigenvalue weighted by Gasteiger charge is 2.33. The quantitative estimate of drug-likeness (QED) is 0.597. The highest BCUT2D eigenvalue weighted by molar-refractivity contribution is 6.68. The fraction of sp³-hybridized carbons (Fsp3) is 0.455. The minimum absolute atomic E-state index is 0.104. The summed E-state index contributed by atoms with van der Waals surface area (Å²) in [4.78, 5) is 0. The van der Waals surface area contributed by atoms with Crippen molar-refractivity contribution in [2.75, 3.05) is 6.73 Å². The van der Waals surface area contributed by atoms with Crippen LogP contribution in [0, 0.1) is 0 Å². The smallest absolute Gasteiger partial charge is 0.328 e. The van der Waals surface area contributed by atoms with Crippen molar-refractivity contribution < 1.29 is 9.39 Å². The van der Waals surface area contributed by atoms with E-state index in [-0.39, 0.29) is 19.8 Å². The fourth-order valence-electron chi connectivity index (χ4n) is 2.20. The van der Waals surface area contributed by atoms with Gasteiger partial charge in [-0.05, 0) is 23.5 Å². The Morgan fingerprint density at radius 3 is 3.00 bits per heavy atom. The van der Waals surface area contributed by atoms with Crippen LogP contribution < -0.4 is 15.9 Å². The summed E-state index contributed by atoms with van der Waals surface area (Å²) in [7, 11) is 0. The lowest BCUT2D eigenvalue weighted by Crippen LogP contribution is -2.27. The van der Waals surface area contributed by atoms with Gasteiger partial charge in [-0.1, -0.05) is 25.9 Å². The Hall–Kier alpha value is -0.995. The Labute approximate surface area is 90.7 Å². The first-order chi connectivity index (χ1) is 7.27. The molecular formula is C11H16BNO2. The van der Waals surface area contributed by atoms with Gasteiger partial charge in [-0.15, -0.1) is 0 Å². The van der Waals surface area contributed by atoms with Crippen LogP contribution in [0.5, 0.6) is 5.75 Å². The second-order valence-corrected chi connectivity index (χ2v) is 3.75. The number of nitrogens with two attached hydrogens (primary N) is 1. The lowest BCUT2D eigenvalue weighted by atomic mass is 9.63. The van der Waals surface area contributed by atoms with Crippen LogP contribution in [0.1, 0.15) is 25.0 Å². The Bertz CT molecular complexity index is 356. The molecule has 0 amide bonds. The zero-order valence-corrected chi connectivity index (χ0v) is 9.19. The summed E-state index contributed by atoms with van der Waals surface area (Å²) in [5.41, 5.74) is 7.81. The van der Waals surface area contributed by atoms with Gasteiger partial charge in [-0.3, -0.25) is 5.73 Å². The van der Waals surface area contributed by atoms with E-state index in [4.69, 9.17) is 15.1 Å². The zero-order valence-electron chi connectivity index (χ0n) is 9.19. The average molecular weight is 205 g/mol. The van der Waals surface area contributed by atoms with E-state index < -0.39 is 0 Å². The first-order valence-corrected chi connectivity index (χ1v) is 5.39. The molecule has 0 aliphatic carbocycles. The van der Waals surface area contributed by atoms with Gasteiger partial charge in [0.1, 0.15) is 12.5 Å². The fourth-order valence-corrected chi connectivity index (χ4v) is 2.20. The van der Waals surface area contributed by atoms with Crippen LogP contribution in [-0.4, -0.2) is 13.6 Å². The van der Waals surface area contributed by atoms with E-state index in [1.807, 2.05) is 12.1 Å². The monoisotopic (exact) mass is 205 g/mol. The maximum absolute atomic E-state index is 5.85. The van der Waals surface area contributed by atoms with Crippen molar-refractivity contribution in [2.45, 2.75) is 26.3 Å². The number of fused-ring (bicyclic) bond motifs is 1. The molecule has 2 N–H and O–H groups in total. The Morgan fingerprint density at radius 1 is 1.53 bits per heavy atom. The SMILES string of the molecule is CC[C@@H]1OB(C)c2c(OCN)cccc21. The lowest BCUT2D eigenvalue weighted by molar-refractivity contribution is 0.221. The van der Waals surface area contributed by atoms with Gasteiger partial charge in [0.05, 0.1) is 6.10 Å². The Kier molecular flexibility index (Phi) is 2.98. The highest BCUT2D eigenvalue weighted by Crippen LogP contribution is 2.30. The lowest BCUT2D eigenvalue weighted by Gasteiger charge is -2.10. The molecule has 1 aliphatic heterocycles. The van der Waals surface area contributed by atoms with Gasteiger partial charge in [-0.2, -0.15) is 0 Å². The van der Waals surface area contributed by atoms with Crippen molar-refractivity contribution >= 4 is 12.4 Å². The molecule has 0 bridgehead atoms. The van der Waals surface area contributed by atoms with Crippen LogP contribution in [0.4, 0.5) is 0 Å². The molecule has 80 valence electrons. The molecule has 1 aromatic carbocycles. The van der Waals surface area contributed by atoms with Crippen molar-refractivity contribution in [3.63, 3.8) is 0 Å². The number of rotatable bonds is 3. The van der Waals surface area contributed by atoms with Crippen LogP contribution in [-0.2, 0) is 4.65 Å². The number of benzene rings is 1. The average Bonchev–Trinajstić information content (AvgIpc) is 2.57. The second-order valence-electron chi connectivity index (χ2n) is 3.75. The number of hydrogen-bond acceptors (Lipinski definition) is 3. The molecule has 1 aromatic rings. The van der Waals surface area contributed by atoms with E-state index in [1.54, 1.807) is 0 Å². The molecule has 0 spiro atoms. The summed E-state index contributed by atoms with van der Waals surface area (Å²) in [5.74, 6) is 0.860. The molecule has 0 saturated heterocycles. The third-order valence-corrected chi connectivity index (χ3v) is 2.83. The molecule has 0 saturated carbocycles. The van der Waals surface area contributed by atoms with Crippen LogP contribution in [0.2, 0.25) is 6.82 Å². The van der Waals surface area contributed by atoms with Gasteiger partial charge in [0, 0.05) is 0 Å². The van der Waals surface area contributed by atoms with Crippen LogP contribution in [0.15, 0.2) is 18.2 Å². The van der Waals surface area contributed by atoms with Crippen LogP contribution >= 0.6 is 0 Å². The van der Waals surface area contributed by atoms with E-state index in [0.717, 1.165) is 17.6 Å².